The Morgan fingerprint density at radius 3 is 2.33 bits per heavy atom. The summed E-state index contributed by atoms with van der Waals surface area (Å²) in [5, 5.41) is 0.411. The Kier molecular flexibility index (Phi) is 5.42. The molecule has 0 saturated heterocycles. The molecule has 1 aliphatic heterocycles. The number of halogens is 3. The van der Waals surface area contributed by atoms with Crippen molar-refractivity contribution >= 4 is 42.6 Å². The van der Waals surface area contributed by atoms with Crippen LogP contribution >= 0.6 is 42.6 Å². The number of likely N-dealkylation sites (N-methyl/N-ethyl adjacent to an activating group) is 1. The SMILES string of the molecule is CCC1=C(Cl)C(Cl)N(CC)C(OP(=O)(O)O)=C1Cl. The molecule has 104 valence electrons. The largest absolute Gasteiger partial charge is 0.526 e. The van der Waals surface area contributed by atoms with Crippen molar-refractivity contribution in [2.75, 3.05) is 6.54 Å². The van der Waals surface area contributed by atoms with Crippen molar-refractivity contribution in [2.24, 2.45) is 0 Å². The Morgan fingerprint density at radius 1 is 1.39 bits per heavy atom. The van der Waals surface area contributed by atoms with Crippen molar-refractivity contribution in [3.8, 4) is 0 Å². The molecule has 9 heteroatoms. The molecule has 1 rings (SSSR count). The van der Waals surface area contributed by atoms with Crippen LogP contribution in [0.1, 0.15) is 20.3 Å². The fourth-order valence-electron chi connectivity index (χ4n) is 1.58. The third-order valence-corrected chi connectivity index (χ3v) is 4.19. The van der Waals surface area contributed by atoms with Crippen LogP contribution in [0.5, 0.6) is 0 Å². The number of alkyl halides is 1. The van der Waals surface area contributed by atoms with Gasteiger partial charge in [0.15, 0.2) is 0 Å². The zero-order valence-corrected chi connectivity index (χ0v) is 12.9. The predicted octanol–water partition coefficient (Wildman–Crippen LogP) is 3.31. The number of phosphoric ester groups is 1. The van der Waals surface area contributed by atoms with Gasteiger partial charge in [-0.25, -0.2) is 4.57 Å². The highest BCUT2D eigenvalue weighted by Crippen LogP contribution is 2.46. The number of hydrogen-bond donors (Lipinski definition) is 2. The smallest absolute Gasteiger partial charge is 0.386 e. The number of hydrogen-bond acceptors (Lipinski definition) is 3. The van der Waals surface area contributed by atoms with Gasteiger partial charge in [-0.1, -0.05) is 41.7 Å². The summed E-state index contributed by atoms with van der Waals surface area (Å²) in [7, 11) is -4.71. The van der Waals surface area contributed by atoms with Gasteiger partial charge in [0.05, 0.1) is 5.03 Å². The third kappa shape index (κ3) is 3.35. The summed E-state index contributed by atoms with van der Waals surface area (Å²) in [6, 6.07) is 0. The average molecular weight is 337 g/mol. The molecule has 5 nitrogen and oxygen atoms in total. The van der Waals surface area contributed by atoms with Crippen LogP contribution < -0.4 is 0 Å². The molecule has 0 spiro atoms. The Hall–Kier alpha value is 0.1000. The second kappa shape index (κ2) is 6.04. The van der Waals surface area contributed by atoms with Crippen LogP contribution in [-0.4, -0.2) is 26.7 Å². The second-order valence-electron chi connectivity index (χ2n) is 3.50. The van der Waals surface area contributed by atoms with Gasteiger partial charge in [0.2, 0.25) is 5.88 Å². The molecule has 0 radical (unpaired) electrons. The van der Waals surface area contributed by atoms with E-state index in [-0.39, 0.29) is 10.9 Å². The highest BCUT2D eigenvalue weighted by atomic mass is 35.5. The maximum Gasteiger partial charge on any atom is 0.526 e. The molecule has 0 bridgehead atoms. The summed E-state index contributed by atoms with van der Waals surface area (Å²) in [5.41, 5.74) is -0.234. The lowest BCUT2D eigenvalue weighted by Crippen LogP contribution is -2.35. The lowest BCUT2D eigenvalue weighted by atomic mass is 10.1. The van der Waals surface area contributed by atoms with Gasteiger partial charge in [-0.3, -0.25) is 9.79 Å². The molecule has 0 aromatic rings. The summed E-state index contributed by atoms with van der Waals surface area (Å²) >= 11 is 18.2. The molecule has 1 unspecified atom stereocenters. The van der Waals surface area contributed by atoms with E-state index in [0.29, 0.717) is 23.6 Å². The van der Waals surface area contributed by atoms with Gasteiger partial charge in [0.1, 0.15) is 10.5 Å². The Bertz CT molecular complexity index is 445. The van der Waals surface area contributed by atoms with Crippen molar-refractivity contribution in [3.05, 3.63) is 21.5 Å². The first-order chi connectivity index (χ1) is 8.22. The van der Waals surface area contributed by atoms with Crippen LogP contribution in [-0.2, 0) is 9.09 Å². The molecule has 0 aromatic heterocycles. The zero-order valence-electron chi connectivity index (χ0n) is 9.73. The van der Waals surface area contributed by atoms with E-state index in [9.17, 15) is 4.57 Å². The first-order valence-corrected chi connectivity index (χ1v) is 7.89. The molecular weight excluding hydrogens is 323 g/mol. The number of nitrogens with zero attached hydrogens (tertiary/aromatic N) is 1. The standard InChI is InChI=1S/C9H13Cl3NO4P/c1-3-5-6(10)8(12)13(4-2)9(7(5)11)17-18(14,15)16/h8H,3-4H2,1-2H3,(H2,14,15,16). The molecule has 18 heavy (non-hydrogen) atoms. The molecule has 0 fully saturated rings. The summed E-state index contributed by atoms with van der Waals surface area (Å²) in [4.78, 5) is 19.2. The topological polar surface area (TPSA) is 70.0 Å². The van der Waals surface area contributed by atoms with Crippen LogP contribution in [0.4, 0.5) is 0 Å². The highest BCUT2D eigenvalue weighted by Gasteiger charge is 2.35. The minimum absolute atomic E-state index is 0.0737. The summed E-state index contributed by atoms with van der Waals surface area (Å²) in [5.74, 6) is -0.145. The van der Waals surface area contributed by atoms with Gasteiger partial charge in [-0.2, -0.15) is 0 Å². The number of allylic oxidation sites excluding steroid dienone is 2. The molecule has 1 atom stereocenters. The third-order valence-electron chi connectivity index (χ3n) is 2.38. The maximum atomic E-state index is 11.0. The van der Waals surface area contributed by atoms with Gasteiger partial charge in [0, 0.05) is 6.54 Å². The maximum absolute atomic E-state index is 11.0. The number of rotatable bonds is 4. The fraction of sp³-hybridized carbons (Fsp3) is 0.556. The Morgan fingerprint density at radius 2 is 1.94 bits per heavy atom. The molecule has 0 aliphatic carbocycles. The van der Waals surface area contributed by atoms with Crippen LogP contribution in [0.3, 0.4) is 0 Å². The quantitative estimate of drug-likeness (QED) is 0.468. The molecule has 0 aromatic carbocycles. The fourth-order valence-corrected chi connectivity index (χ4v) is 3.19. The lowest BCUT2D eigenvalue weighted by molar-refractivity contribution is 0.164. The van der Waals surface area contributed by atoms with E-state index in [1.807, 2.05) is 0 Å². The molecule has 0 saturated carbocycles. The zero-order chi connectivity index (χ0) is 14.1. The predicted molar refractivity (Wildman–Crippen MR) is 71.2 cm³/mol. The molecule has 1 aliphatic rings. The van der Waals surface area contributed by atoms with E-state index in [0.717, 1.165) is 0 Å². The Labute approximate surface area is 120 Å². The van der Waals surface area contributed by atoms with Crippen LogP contribution in [0, 0.1) is 0 Å². The van der Waals surface area contributed by atoms with Crippen molar-refractivity contribution in [1.82, 2.24) is 4.90 Å². The molecule has 1 heterocycles. The van der Waals surface area contributed by atoms with Gasteiger partial charge in [-0.15, -0.1) is 0 Å². The van der Waals surface area contributed by atoms with Crippen LogP contribution in [0.15, 0.2) is 21.5 Å². The summed E-state index contributed by atoms with van der Waals surface area (Å²) < 4.78 is 15.6. The molecule has 0 amide bonds. The average Bonchev–Trinajstić information content (AvgIpc) is 2.25. The number of phosphoric acid groups is 1. The summed E-state index contributed by atoms with van der Waals surface area (Å²) in [6.07, 6.45) is 0.479. The minimum Gasteiger partial charge on any atom is -0.386 e. The van der Waals surface area contributed by atoms with Gasteiger partial charge >= 0.3 is 7.82 Å². The van der Waals surface area contributed by atoms with E-state index in [2.05, 4.69) is 4.52 Å². The van der Waals surface area contributed by atoms with Crippen molar-refractivity contribution in [2.45, 2.75) is 25.8 Å². The van der Waals surface area contributed by atoms with Gasteiger partial charge in [-0.05, 0) is 18.9 Å². The molecular formula is C9H13Cl3NO4P. The van der Waals surface area contributed by atoms with E-state index in [1.54, 1.807) is 13.8 Å². The second-order valence-corrected chi connectivity index (χ2v) is 5.87. The van der Waals surface area contributed by atoms with Crippen molar-refractivity contribution in [3.63, 3.8) is 0 Å². The van der Waals surface area contributed by atoms with Crippen molar-refractivity contribution < 1.29 is 18.9 Å². The molecule has 2 N–H and O–H groups in total. The van der Waals surface area contributed by atoms with Crippen molar-refractivity contribution in [1.29, 1.82) is 0 Å². The highest BCUT2D eigenvalue weighted by molar-refractivity contribution is 7.46. The van der Waals surface area contributed by atoms with E-state index >= 15 is 0 Å². The minimum atomic E-state index is -4.71. The van der Waals surface area contributed by atoms with E-state index in [1.165, 1.54) is 4.90 Å². The first-order valence-electron chi connectivity index (χ1n) is 5.17. The van der Waals surface area contributed by atoms with Gasteiger partial charge < -0.3 is 9.42 Å². The normalized spacial score (nSPS) is 21.7. The Balaban J connectivity index is 3.30. The summed E-state index contributed by atoms with van der Waals surface area (Å²) in [6.45, 7) is 3.89. The van der Waals surface area contributed by atoms with E-state index < -0.39 is 13.3 Å². The van der Waals surface area contributed by atoms with Crippen LogP contribution in [0.25, 0.3) is 0 Å². The lowest BCUT2D eigenvalue weighted by Gasteiger charge is -2.35. The monoisotopic (exact) mass is 335 g/mol. The van der Waals surface area contributed by atoms with E-state index in [4.69, 9.17) is 44.6 Å². The van der Waals surface area contributed by atoms with Crippen LogP contribution in [0.2, 0.25) is 0 Å². The van der Waals surface area contributed by atoms with Gasteiger partial charge in [0.25, 0.3) is 0 Å². The first kappa shape index (κ1) is 16.2.